The smallest absolute Gasteiger partial charge is 0.248 e. The number of nitrogens with one attached hydrogen (secondary N) is 2. The Morgan fingerprint density at radius 3 is 2.67 bits per heavy atom. The number of aromatic amines is 1. The molecular formula is C29H31N5O2. The summed E-state index contributed by atoms with van der Waals surface area (Å²) < 4.78 is 0. The molecule has 3 heterocycles. The molecule has 7 heteroatoms. The van der Waals surface area contributed by atoms with Crippen molar-refractivity contribution in [1.82, 2.24) is 20.2 Å². The Morgan fingerprint density at radius 2 is 1.89 bits per heavy atom. The van der Waals surface area contributed by atoms with Crippen molar-refractivity contribution in [3.05, 3.63) is 76.6 Å². The molecule has 184 valence electrons. The number of hydrogen-bond donors (Lipinski definition) is 3. The van der Waals surface area contributed by atoms with Gasteiger partial charge in [0.25, 0.3) is 0 Å². The van der Waals surface area contributed by atoms with Gasteiger partial charge < -0.3 is 16.0 Å². The summed E-state index contributed by atoms with van der Waals surface area (Å²) in [4.78, 5) is 33.8. The van der Waals surface area contributed by atoms with Gasteiger partial charge in [0.15, 0.2) is 0 Å². The van der Waals surface area contributed by atoms with Gasteiger partial charge in [-0.3, -0.25) is 14.5 Å². The number of pyridine rings is 1. The first kappa shape index (κ1) is 23.8. The highest BCUT2D eigenvalue weighted by Crippen LogP contribution is 2.35. The average molecular weight is 482 g/mol. The van der Waals surface area contributed by atoms with E-state index in [1.807, 2.05) is 32.3 Å². The number of nitrogens with zero attached hydrogens (tertiary/aromatic N) is 2. The molecule has 0 saturated carbocycles. The summed E-state index contributed by atoms with van der Waals surface area (Å²) in [6.07, 6.45) is 5.39. The molecule has 36 heavy (non-hydrogen) atoms. The van der Waals surface area contributed by atoms with Crippen LogP contribution in [0, 0.1) is 13.8 Å². The summed E-state index contributed by atoms with van der Waals surface area (Å²) in [5.41, 5.74) is 15.8. The van der Waals surface area contributed by atoms with Crippen LogP contribution in [-0.2, 0) is 17.8 Å². The summed E-state index contributed by atoms with van der Waals surface area (Å²) >= 11 is 0. The first-order chi connectivity index (χ1) is 17.4. The quantitative estimate of drug-likeness (QED) is 0.386. The van der Waals surface area contributed by atoms with E-state index in [0.29, 0.717) is 12.0 Å². The van der Waals surface area contributed by atoms with Crippen LogP contribution in [0.3, 0.4) is 0 Å². The van der Waals surface area contributed by atoms with Crippen LogP contribution in [-0.4, -0.2) is 46.8 Å². The van der Waals surface area contributed by atoms with Gasteiger partial charge in [-0.1, -0.05) is 18.2 Å². The van der Waals surface area contributed by atoms with Crippen LogP contribution in [0.5, 0.6) is 0 Å². The standard InChI is InChI=1S/C29H31N5O2/c1-17-18(2)24(28(30)36)7-6-23(17)26-15-33-29-25(26)13-21(14-32-29)20-5-4-19-8-10-34(16-22(19)12-20)11-9-27(35)31-3/h4-7,12-15H,8-11,16H2,1-3H3,(H2,30,36)(H,31,35)(H,32,33). The zero-order chi connectivity index (χ0) is 25.4. The third-order valence-electron chi connectivity index (χ3n) is 7.44. The highest BCUT2D eigenvalue weighted by atomic mass is 16.1. The highest BCUT2D eigenvalue weighted by molar-refractivity contribution is 5.99. The second kappa shape index (κ2) is 9.59. The lowest BCUT2D eigenvalue weighted by molar-refractivity contribution is -0.121. The number of amides is 2. The predicted molar refractivity (Wildman–Crippen MR) is 143 cm³/mol. The summed E-state index contributed by atoms with van der Waals surface area (Å²) in [6.45, 7) is 6.53. The Kier molecular flexibility index (Phi) is 6.33. The van der Waals surface area contributed by atoms with Crippen LogP contribution < -0.4 is 11.1 Å². The summed E-state index contributed by atoms with van der Waals surface area (Å²) in [5, 5.41) is 3.74. The highest BCUT2D eigenvalue weighted by Gasteiger charge is 2.19. The molecule has 0 saturated heterocycles. The van der Waals surface area contributed by atoms with E-state index < -0.39 is 5.91 Å². The van der Waals surface area contributed by atoms with Gasteiger partial charge in [0.1, 0.15) is 5.65 Å². The van der Waals surface area contributed by atoms with E-state index in [1.54, 1.807) is 13.1 Å². The monoisotopic (exact) mass is 481 g/mol. The zero-order valence-electron chi connectivity index (χ0n) is 20.9. The van der Waals surface area contributed by atoms with Crippen molar-refractivity contribution in [3.63, 3.8) is 0 Å². The number of nitrogens with two attached hydrogens (primary N) is 1. The lowest BCUT2D eigenvalue weighted by Gasteiger charge is -2.29. The van der Waals surface area contributed by atoms with Crippen LogP contribution in [0.1, 0.15) is 39.0 Å². The minimum Gasteiger partial charge on any atom is -0.366 e. The Morgan fingerprint density at radius 1 is 1.06 bits per heavy atom. The Hall–Kier alpha value is -3.97. The van der Waals surface area contributed by atoms with Crippen molar-refractivity contribution in [2.75, 3.05) is 20.1 Å². The number of aromatic nitrogens is 2. The van der Waals surface area contributed by atoms with Gasteiger partial charge in [-0.2, -0.15) is 0 Å². The van der Waals surface area contributed by atoms with Gasteiger partial charge in [0, 0.05) is 67.6 Å². The number of rotatable bonds is 6. The number of H-pyrrole nitrogens is 1. The number of carbonyl (C=O) groups is 2. The van der Waals surface area contributed by atoms with Crippen molar-refractivity contribution >= 4 is 22.8 Å². The fourth-order valence-electron chi connectivity index (χ4n) is 5.13. The van der Waals surface area contributed by atoms with Crippen LogP contribution >= 0.6 is 0 Å². The maximum absolute atomic E-state index is 11.8. The molecule has 0 bridgehead atoms. The van der Waals surface area contributed by atoms with Crippen LogP contribution in [0.15, 0.2) is 48.8 Å². The number of carbonyl (C=O) groups excluding carboxylic acids is 2. The molecule has 5 rings (SSSR count). The molecule has 0 fully saturated rings. The summed E-state index contributed by atoms with van der Waals surface area (Å²) in [7, 11) is 1.68. The number of benzene rings is 2. The maximum Gasteiger partial charge on any atom is 0.248 e. The van der Waals surface area contributed by atoms with Gasteiger partial charge in [-0.15, -0.1) is 0 Å². The fraction of sp³-hybridized carbons (Fsp3) is 0.276. The normalized spacial score (nSPS) is 13.5. The minimum absolute atomic E-state index is 0.0749. The van der Waals surface area contributed by atoms with Crippen molar-refractivity contribution in [1.29, 1.82) is 0 Å². The third kappa shape index (κ3) is 4.38. The van der Waals surface area contributed by atoms with E-state index in [9.17, 15) is 9.59 Å². The van der Waals surface area contributed by atoms with E-state index in [0.717, 1.165) is 70.5 Å². The summed E-state index contributed by atoms with van der Waals surface area (Å²) in [5.74, 6) is -0.337. The summed E-state index contributed by atoms with van der Waals surface area (Å²) in [6, 6.07) is 12.6. The Bertz CT molecular complexity index is 1490. The molecule has 2 aromatic heterocycles. The van der Waals surface area contributed by atoms with Gasteiger partial charge in [-0.05, 0) is 71.8 Å². The van der Waals surface area contributed by atoms with Gasteiger partial charge in [-0.25, -0.2) is 4.98 Å². The first-order valence-corrected chi connectivity index (χ1v) is 12.3. The average Bonchev–Trinajstić information content (AvgIpc) is 3.31. The molecule has 1 aliphatic heterocycles. The van der Waals surface area contributed by atoms with E-state index >= 15 is 0 Å². The molecule has 2 aromatic carbocycles. The van der Waals surface area contributed by atoms with Gasteiger partial charge >= 0.3 is 0 Å². The molecule has 0 aliphatic carbocycles. The van der Waals surface area contributed by atoms with Crippen molar-refractivity contribution in [3.8, 4) is 22.3 Å². The topological polar surface area (TPSA) is 104 Å². The minimum atomic E-state index is -0.412. The lowest BCUT2D eigenvalue weighted by atomic mass is 9.92. The molecule has 0 spiro atoms. The SMILES string of the molecule is CNC(=O)CCN1CCc2ccc(-c3cnc4[nH]cc(-c5ccc(C(N)=O)c(C)c5C)c4c3)cc2C1. The van der Waals surface area contributed by atoms with E-state index in [2.05, 4.69) is 39.5 Å². The molecule has 0 unspecified atom stereocenters. The molecule has 0 radical (unpaired) electrons. The van der Waals surface area contributed by atoms with E-state index in [-0.39, 0.29) is 5.91 Å². The van der Waals surface area contributed by atoms with Crippen LogP contribution in [0.2, 0.25) is 0 Å². The molecular weight excluding hydrogens is 450 g/mol. The predicted octanol–water partition coefficient (Wildman–Crippen LogP) is 4.11. The molecule has 4 N–H and O–H groups in total. The third-order valence-corrected chi connectivity index (χ3v) is 7.44. The Labute approximate surface area is 210 Å². The van der Waals surface area contributed by atoms with Gasteiger partial charge in [0.05, 0.1) is 0 Å². The van der Waals surface area contributed by atoms with Crippen molar-refractivity contribution in [2.45, 2.75) is 33.2 Å². The van der Waals surface area contributed by atoms with E-state index in [1.165, 1.54) is 11.1 Å². The Balaban J connectivity index is 1.48. The molecule has 1 aliphatic rings. The number of hydrogen-bond acceptors (Lipinski definition) is 4. The van der Waals surface area contributed by atoms with Crippen molar-refractivity contribution < 1.29 is 9.59 Å². The zero-order valence-corrected chi connectivity index (χ0v) is 20.9. The maximum atomic E-state index is 11.8. The van der Waals surface area contributed by atoms with E-state index in [4.69, 9.17) is 10.7 Å². The first-order valence-electron chi connectivity index (χ1n) is 12.3. The second-order valence-corrected chi connectivity index (χ2v) is 9.53. The fourth-order valence-corrected chi connectivity index (χ4v) is 5.13. The molecule has 4 aromatic rings. The lowest BCUT2D eigenvalue weighted by Crippen LogP contribution is -2.33. The number of primary amides is 1. The molecule has 7 nitrogen and oxygen atoms in total. The van der Waals surface area contributed by atoms with Crippen molar-refractivity contribution in [2.24, 2.45) is 5.73 Å². The van der Waals surface area contributed by atoms with Gasteiger partial charge in [0.2, 0.25) is 11.8 Å². The molecule has 0 atom stereocenters. The second-order valence-electron chi connectivity index (χ2n) is 9.53. The largest absolute Gasteiger partial charge is 0.366 e. The van der Waals surface area contributed by atoms with Crippen LogP contribution in [0.25, 0.3) is 33.3 Å². The number of fused-ring (bicyclic) bond motifs is 2. The molecule has 2 amide bonds. The van der Waals surface area contributed by atoms with Crippen LogP contribution in [0.4, 0.5) is 0 Å².